The van der Waals surface area contributed by atoms with Gasteiger partial charge < -0.3 is 9.30 Å². The zero-order valence-corrected chi connectivity index (χ0v) is 14.7. The van der Waals surface area contributed by atoms with Crippen molar-refractivity contribution in [2.45, 2.75) is 6.92 Å². The number of amides is 2. The number of ether oxygens (including phenoxy) is 1. The fourth-order valence-corrected chi connectivity index (χ4v) is 2.99. The highest BCUT2D eigenvalue weighted by atomic mass is 16.5. The smallest absolute Gasteiger partial charge is 0.265 e. The van der Waals surface area contributed by atoms with Crippen LogP contribution in [0.1, 0.15) is 27.6 Å². The predicted octanol–water partition coefficient (Wildman–Crippen LogP) is 3.84. The summed E-state index contributed by atoms with van der Waals surface area (Å²) in [5.74, 6) is 0.330. The molecule has 2 aromatic carbocycles. The molecule has 0 spiro atoms. The number of benzene rings is 2. The molecular weight excluding hydrogens is 342 g/mol. The van der Waals surface area contributed by atoms with Crippen molar-refractivity contribution in [1.82, 2.24) is 14.5 Å². The van der Waals surface area contributed by atoms with Gasteiger partial charge in [0.2, 0.25) is 0 Å². The first kappa shape index (κ1) is 16.8. The molecule has 6 nitrogen and oxygen atoms in total. The Morgan fingerprint density at radius 2 is 1.89 bits per heavy atom. The van der Waals surface area contributed by atoms with Crippen LogP contribution in [0, 0.1) is 0 Å². The Bertz CT molecular complexity index is 1020. The van der Waals surface area contributed by atoms with Gasteiger partial charge in [0.1, 0.15) is 11.5 Å². The maximum atomic E-state index is 12.7. The van der Waals surface area contributed by atoms with E-state index in [1.54, 1.807) is 36.8 Å². The lowest BCUT2D eigenvalue weighted by Crippen LogP contribution is -2.29. The molecule has 0 bridgehead atoms. The molecule has 0 aliphatic carbocycles. The number of imide groups is 1. The summed E-state index contributed by atoms with van der Waals surface area (Å²) in [6.45, 7) is 2.10. The average molecular weight is 359 g/mol. The maximum absolute atomic E-state index is 12.7. The van der Waals surface area contributed by atoms with Gasteiger partial charge in [-0.15, -0.1) is 0 Å². The summed E-state index contributed by atoms with van der Waals surface area (Å²) >= 11 is 0. The number of allylic oxidation sites excluding steroid dienone is 1. The summed E-state index contributed by atoms with van der Waals surface area (Å²) in [5, 5.41) is 0. The Hall–Kier alpha value is -3.67. The van der Waals surface area contributed by atoms with E-state index in [1.165, 1.54) is 4.90 Å². The van der Waals surface area contributed by atoms with Gasteiger partial charge in [-0.2, -0.15) is 0 Å². The highest BCUT2D eigenvalue weighted by Gasteiger charge is 2.37. The number of imidazole rings is 1. The van der Waals surface area contributed by atoms with Gasteiger partial charge in [0.05, 0.1) is 17.5 Å². The molecule has 6 heteroatoms. The minimum Gasteiger partial charge on any atom is -0.457 e. The van der Waals surface area contributed by atoms with E-state index in [0.717, 1.165) is 5.69 Å². The van der Waals surface area contributed by atoms with Gasteiger partial charge in [0.15, 0.2) is 0 Å². The first-order valence-electron chi connectivity index (χ1n) is 8.55. The van der Waals surface area contributed by atoms with Crippen LogP contribution in [0.2, 0.25) is 0 Å². The van der Waals surface area contributed by atoms with Crippen molar-refractivity contribution in [3.05, 3.63) is 84.5 Å². The molecule has 0 saturated heterocycles. The summed E-state index contributed by atoms with van der Waals surface area (Å²) in [6.07, 6.45) is 8.85. The third kappa shape index (κ3) is 3.01. The molecule has 1 aliphatic heterocycles. The monoisotopic (exact) mass is 359 g/mol. The Balaban J connectivity index is 1.62. The number of carbonyl (C=O) groups excluding carboxylic acids is 2. The quantitative estimate of drug-likeness (QED) is 0.513. The number of carbonyl (C=O) groups is 2. The third-order valence-electron chi connectivity index (χ3n) is 4.35. The van der Waals surface area contributed by atoms with E-state index in [-0.39, 0.29) is 18.4 Å². The minimum absolute atomic E-state index is 0.252. The summed E-state index contributed by atoms with van der Waals surface area (Å²) < 4.78 is 7.80. The van der Waals surface area contributed by atoms with Gasteiger partial charge in [-0.25, -0.2) is 4.98 Å². The van der Waals surface area contributed by atoms with E-state index in [9.17, 15) is 9.59 Å². The number of fused-ring (bicyclic) bond motifs is 1. The normalized spacial score (nSPS) is 13.4. The number of hydrogen-bond acceptors (Lipinski definition) is 4. The van der Waals surface area contributed by atoms with Crippen LogP contribution in [-0.2, 0) is 0 Å². The third-order valence-corrected chi connectivity index (χ3v) is 4.35. The number of aromatic nitrogens is 2. The summed E-state index contributed by atoms with van der Waals surface area (Å²) in [6, 6.07) is 12.5. The lowest BCUT2D eigenvalue weighted by atomic mass is 10.1. The minimum atomic E-state index is -0.335. The van der Waals surface area contributed by atoms with Crippen LogP contribution in [0.15, 0.2) is 73.3 Å². The molecule has 2 heterocycles. The summed E-state index contributed by atoms with van der Waals surface area (Å²) in [5.41, 5.74) is 1.63. The fraction of sp³-hybridized carbons (Fsp3) is 0.0952. The van der Waals surface area contributed by atoms with Crippen LogP contribution in [0.3, 0.4) is 0 Å². The standard InChI is InChI=1S/C21H17N3O3/c1-2-3-12-24-20(25)17-5-4-6-18(19(17)21(24)26)27-16-9-7-15(8-10-16)23-13-11-22-14-23/h2-11,13-14H,12H2,1H3. The topological polar surface area (TPSA) is 64.4 Å². The Kier molecular flexibility index (Phi) is 4.30. The molecule has 0 N–H and O–H groups in total. The molecule has 0 fully saturated rings. The second-order valence-electron chi connectivity index (χ2n) is 6.03. The number of hydrogen-bond donors (Lipinski definition) is 0. The van der Waals surface area contributed by atoms with Crippen LogP contribution >= 0.6 is 0 Å². The summed E-state index contributed by atoms with van der Waals surface area (Å²) in [7, 11) is 0. The average Bonchev–Trinajstić information content (AvgIpc) is 3.30. The van der Waals surface area contributed by atoms with Crippen molar-refractivity contribution in [2.24, 2.45) is 0 Å². The zero-order chi connectivity index (χ0) is 18.8. The first-order chi connectivity index (χ1) is 13.2. The van der Waals surface area contributed by atoms with Crippen LogP contribution in [-0.4, -0.2) is 32.8 Å². The van der Waals surface area contributed by atoms with Crippen molar-refractivity contribution in [3.8, 4) is 17.2 Å². The van der Waals surface area contributed by atoms with Crippen molar-refractivity contribution in [3.63, 3.8) is 0 Å². The molecule has 0 unspecified atom stereocenters. The maximum Gasteiger partial charge on any atom is 0.265 e. The van der Waals surface area contributed by atoms with Crippen LogP contribution in [0.4, 0.5) is 0 Å². The van der Waals surface area contributed by atoms with E-state index in [2.05, 4.69) is 4.98 Å². The van der Waals surface area contributed by atoms with Crippen molar-refractivity contribution < 1.29 is 14.3 Å². The van der Waals surface area contributed by atoms with Gasteiger partial charge in [0, 0.05) is 24.6 Å². The Labute approximate surface area is 156 Å². The molecule has 134 valence electrons. The van der Waals surface area contributed by atoms with Crippen LogP contribution in [0.5, 0.6) is 11.5 Å². The largest absolute Gasteiger partial charge is 0.457 e. The van der Waals surface area contributed by atoms with E-state index < -0.39 is 0 Å². The molecule has 3 aromatic rings. The first-order valence-corrected chi connectivity index (χ1v) is 8.55. The molecule has 4 rings (SSSR count). The molecule has 27 heavy (non-hydrogen) atoms. The summed E-state index contributed by atoms with van der Waals surface area (Å²) in [4.78, 5) is 30.5. The predicted molar refractivity (Wildman–Crippen MR) is 100 cm³/mol. The molecule has 0 saturated carbocycles. The van der Waals surface area contributed by atoms with Crippen molar-refractivity contribution in [1.29, 1.82) is 0 Å². The highest BCUT2D eigenvalue weighted by molar-refractivity contribution is 6.22. The second-order valence-corrected chi connectivity index (χ2v) is 6.03. The second kappa shape index (κ2) is 6.92. The van der Waals surface area contributed by atoms with E-state index in [0.29, 0.717) is 22.6 Å². The molecule has 1 aliphatic rings. The Morgan fingerprint density at radius 1 is 1.07 bits per heavy atom. The fourth-order valence-electron chi connectivity index (χ4n) is 2.99. The van der Waals surface area contributed by atoms with E-state index in [4.69, 9.17) is 4.74 Å². The lowest BCUT2D eigenvalue weighted by molar-refractivity contribution is 0.0671. The SMILES string of the molecule is CC=CCN1C(=O)c2cccc(Oc3ccc(-n4ccnc4)cc3)c2C1=O. The molecule has 2 amide bonds. The van der Waals surface area contributed by atoms with Gasteiger partial charge >= 0.3 is 0 Å². The van der Waals surface area contributed by atoms with Gasteiger partial charge in [-0.3, -0.25) is 14.5 Å². The molecule has 1 aromatic heterocycles. The highest BCUT2D eigenvalue weighted by Crippen LogP contribution is 2.34. The van der Waals surface area contributed by atoms with Crippen LogP contribution < -0.4 is 4.74 Å². The number of rotatable bonds is 5. The molecule has 0 atom stereocenters. The molecule has 0 radical (unpaired) electrons. The molecular formula is C21H17N3O3. The van der Waals surface area contributed by atoms with Crippen molar-refractivity contribution in [2.75, 3.05) is 6.54 Å². The van der Waals surface area contributed by atoms with Crippen molar-refractivity contribution >= 4 is 11.8 Å². The van der Waals surface area contributed by atoms with Gasteiger partial charge in [-0.05, 0) is 43.3 Å². The lowest BCUT2D eigenvalue weighted by Gasteiger charge is -2.11. The number of nitrogens with zero attached hydrogens (tertiary/aromatic N) is 3. The van der Waals surface area contributed by atoms with Gasteiger partial charge in [-0.1, -0.05) is 18.2 Å². The van der Waals surface area contributed by atoms with E-state index in [1.807, 2.05) is 48.0 Å². The van der Waals surface area contributed by atoms with E-state index >= 15 is 0 Å². The zero-order valence-electron chi connectivity index (χ0n) is 14.7. The van der Waals surface area contributed by atoms with Crippen LogP contribution in [0.25, 0.3) is 5.69 Å². The van der Waals surface area contributed by atoms with Gasteiger partial charge in [0.25, 0.3) is 11.8 Å². The Morgan fingerprint density at radius 3 is 2.59 bits per heavy atom.